The molecule has 0 aromatic rings. The second-order valence-corrected chi connectivity index (χ2v) is 12.7. The summed E-state index contributed by atoms with van der Waals surface area (Å²) in [5.41, 5.74) is 11.5. The number of carbonyl (C=O) groups is 5. The largest absolute Gasteiger partial charge is 0.481 e. The maximum Gasteiger partial charge on any atom is 0.303 e. The molecule has 2 rings (SSSR count). The van der Waals surface area contributed by atoms with Crippen molar-refractivity contribution in [2.45, 2.75) is 135 Å². The summed E-state index contributed by atoms with van der Waals surface area (Å²) in [6.07, 6.45) is 6.88. The topological polar surface area (TPSA) is 256 Å². The van der Waals surface area contributed by atoms with E-state index in [1.54, 1.807) is 16.7 Å². The van der Waals surface area contributed by atoms with Crippen LogP contribution >= 0.6 is 0 Å². The molecule has 2 heterocycles. The molecule has 0 aromatic heterocycles. The lowest BCUT2D eigenvalue weighted by Crippen LogP contribution is -2.58. The molecule has 48 heavy (non-hydrogen) atoms. The minimum Gasteiger partial charge on any atom is -0.481 e. The van der Waals surface area contributed by atoms with Crippen LogP contribution in [-0.2, 0) is 24.0 Å². The lowest BCUT2D eigenvalue weighted by molar-refractivity contribution is -0.485. The van der Waals surface area contributed by atoms with E-state index in [-0.39, 0.29) is 48.0 Å². The molecule has 2 aliphatic rings. The first-order chi connectivity index (χ1) is 22.6. The monoisotopic (exact) mass is 683 g/mol. The van der Waals surface area contributed by atoms with Crippen LogP contribution in [0.1, 0.15) is 105 Å². The zero-order valence-electron chi connectivity index (χ0n) is 29.1. The third-order valence-corrected chi connectivity index (χ3v) is 8.39. The highest BCUT2D eigenvalue weighted by Crippen LogP contribution is 2.26. The molecule has 5 atom stereocenters. The van der Waals surface area contributed by atoms with Crippen LogP contribution in [0.4, 0.5) is 0 Å². The third-order valence-electron chi connectivity index (χ3n) is 8.39. The molecule has 0 saturated carbocycles. The van der Waals surface area contributed by atoms with E-state index >= 15 is 0 Å². The Morgan fingerprint density at radius 1 is 0.958 bits per heavy atom. The smallest absolute Gasteiger partial charge is 0.303 e. The van der Waals surface area contributed by atoms with Crippen LogP contribution in [0, 0.1) is 16.0 Å². The SMILES string of the molecule is CCC(=O)O.CCCCCC(NC(=O)C(N)C(C)C)C(=O)N1CCCC1C(=O)N1CCCC1C(=O)NC(C)CCCNC(N)=N[N+](=O)[O-]. The lowest BCUT2D eigenvalue weighted by atomic mass is 10.0. The van der Waals surface area contributed by atoms with E-state index in [2.05, 4.69) is 28.0 Å². The number of unbranched alkanes of at least 4 members (excludes halogenated alkanes) is 2. The molecule has 17 nitrogen and oxygen atoms in total. The number of rotatable bonds is 17. The number of carboxylic acid groups (broad SMARTS) is 1. The number of likely N-dealkylation sites (tertiary alicyclic amines) is 2. The van der Waals surface area contributed by atoms with Crippen LogP contribution in [0.25, 0.3) is 0 Å². The van der Waals surface area contributed by atoms with Gasteiger partial charge in [0.05, 0.1) is 6.04 Å². The van der Waals surface area contributed by atoms with E-state index < -0.39 is 35.2 Å². The summed E-state index contributed by atoms with van der Waals surface area (Å²) in [5, 5.41) is 28.6. The number of hydrogen-bond donors (Lipinski definition) is 6. The molecular formula is C31H57N9O8. The molecule has 0 radical (unpaired) electrons. The van der Waals surface area contributed by atoms with Gasteiger partial charge in [-0.15, -0.1) is 0 Å². The second kappa shape index (κ2) is 21.8. The Hall–Kier alpha value is -4.02. The van der Waals surface area contributed by atoms with Gasteiger partial charge in [0.2, 0.25) is 23.6 Å². The molecule has 5 unspecified atom stereocenters. The molecular weight excluding hydrogens is 626 g/mol. The van der Waals surface area contributed by atoms with Crippen LogP contribution in [0.2, 0.25) is 0 Å². The summed E-state index contributed by atoms with van der Waals surface area (Å²) in [4.78, 5) is 76.4. The molecule has 0 spiro atoms. The number of guanidine groups is 1. The van der Waals surface area contributed by atoms with Gasteiger partial charge >= 0.3 is 5.97 Å². The minimum atomic E-state index is -0.881. The van der Waals surface area contributed by atoms with Crippen LogP contribution < -0.4 is 27.4 Å². The van der Waals surface area contributed by atoms with Crippen molar-refractivity contribution < 1.29 is 34.1 Å². The Morgan fingerprint density at radius 2 is 1.56 bits per heavy atom. The molecule has 2 aliphatic heterocycles. The average molecular weight is 684 g/mol. The van der Waals surface area contributed by atoms with Gasteiger partial charge in [0.25, 0.3) is 5.96 Å². The Bertz CT molecular complexity index is 1120. The molecule has 0 bridgehead atoms. The van der Waals surface area contributed by atoms with Crippen LogP contribution in [0.15, 0.2) is 5.10 Å². The lowest BCUT2D eigenvalue weighted by Gasteiger charge is -2.33. The standard InChI is InChI=1S/C28H51N9O6.C3H6O2/c1-5-6-7-12-20(33-25(39)23(29)18(2)3)26(40)36-17-10-14-22(36)27(41)35-16-9-13-21(35)24(38)32-19(4)11-8-15-31-28(30)34-37(42)43;1-2-3(4)5/h18-23H,5-17,29H2,1-4H3,(H,32,38)(H,33,39)(H3,30,31,34);2H2,1H3,(H,4,5). The van der Waals surface area contributed by atoms with E-state index in [4.69, 9.17) is 16.6 Å². The Kier molecular flexibility index (Phi) is 19.1. The summed E-state index contributed by atoms with van der Waals surface area (Å²) in [6.45, 7) is 10.4. The van der Waals surface area contributed by atoms with Gasteiger partial charge in [-0.3, -0.25) is 24.0 Å². The molecule has 4 amide bonds. The summed E-state index contributed by atoms with van der Waals surface area (Å²) >= 11 is 0. The number of hydrazone groups is 1. The van der Waals surface area contributed by atoms with Crippen molar-refractivity contribution >= 4 is 35.6 Å². The third kappa shape index (κ3) is 14.4. The zero-order valence-corrected chi connectivity index (χ0v) is 29.1. The maximum atomic E-state index is 13.8. The Labute approximate surface area is 283 Å². The summed E-state index contributed by atoms with van der Waals surface area (Å²) < 4.78 is 0. The molecule has 0 aliphatic carbocycles. The summed E-state index contributed by atoms with van der Waals surface area (Å²) in [5.74, 6) is -2.24. The number of nitrogens with two attached hydrogens (primary N) is 2. The van der Waals surface area contributed by atoms with Crippen molar-refractivity contribution in [1.82, 2.24) is 25.8 Å². The number of hydrogen-bond acceptors (Lipinski definition) is 8. The van der Waals surface area contributed by atoms with E-state index in [1.807, 2.05) is 20.8 Å². The average Bonchev–Trinajstić information content (AvgIpc) is 3.72. The molecule has 0 aromatic carbocycles. The highest BCUT2D eigenvalue weighted by Gasteiger charge is 2.43. The first-order valence-electron chi connectivity index (χ1n) is 17.1. The fraction of sp³-hybridized carbons (Fsp3) is 0.806. The van der Waals surface area contributed by atoms with Gasteiger partial charge in [-0.1, -0.05) is 47.0 Å². The maximum absolute atomic E-state index is 13.8. The molecule has 17 heteroatoms. The molecule has 8 N–H and O–H groups in total. The molecule has 2 saturated heterocycles. The number of amides is 4. The Balaban J connectivity index is 0.00000213. The van der Waals surface area contributed by atoms with Gasteiger partial charge in [0, 0.05) is 32.1 Å². The fourth-order valence-corrected chi connectivity index (χ4v) is 5.57. The molecule has 274 valence electrons. The summed E-state index contributed by atoms with van der Waals surface area (Å²) in [7, 11) is 0. The predicted molar refractivity (Wildman–Crippen MR) is 180 cm³/mol. The van der Waals surface area contributed by atoms with Gasteiger partial charge in [-0.25, -0.2) is 10.1 Å². The minimum absolute atomic E-state index is 0.0841. The van der Waals surface area contributed by atoms with Crippen molar-refractivity contribution in [2.75, 3.05) is 19.6 Å². The fourth-order valence-electron chi connectivity index (χ4n) is 5.57. The number of carboxylic acids is 1. The first-order valence-corrected chi connectivity index (χ1v) is 17.1. The number of carbonyl (C=O) groups excluding carboxylic acids is 4. The van der Waals surface area contributed by atoms with Crippen molar-refractivity contribution in [3.63, 3.8) is 0 Å². The summed E-state index contributed by atoms with van der Waals surface area (Å²) in [6, 6.07) is -3.00. The van der Waals surface area contributed by atoms with Crippen molar-refractivity contribution in [3.8, 4) is 0 Å². The number of aliphatic carboxylic acids is 1. The van der Waals surface area contributed by atoms with Gasteiger partial charge in [0.1, 0.15) is 23.2 Å². The number of nitrogens with zero attached hydrogens (tertiary/aromatic N) is 4. The highest BCUT2D eigenvalue weighted by molar-refractivity contribution is 5.95. The highest BCUT2D eigenvalue weighted by atomic mass is 16.7. The first kappa shape index (κ1) is 42.0. The Morgan fingerprint density at radius 3 is 2.12 bits per heavy atom. The van der Waals surface area contributed by atoms with Crippen LogP contribution in [-0.4, -0.2) is 105 Å². The quantitative estimate of drug-likeness (QED) is 0.0412. The van der Waals surface area contributed by atoms with Gasteiger partial charge in [0.15, 0.2) is 5.03 Å². The van der Waals surface area contributed by atoms with Crippen LogP contribution in [0.5, 0.6) is 0 Å². The van der Waals surface area contributed by atoms with E-state index in [0.717, 1.165) is 19.3 Å². The number of nitrogens with one attached hydrogen (secondary N) is 3. The molecule has 2 fully saturated rings. The van der Waals surface area contributed by atoms with Gasteiger partial charge in [-0.05, 0) is 57.8 Å². The van der Waals surface area contributed by atoms with E-state index in [9.17, 15) is 34.1 Å². The van der Waals surface area contributed by atoms with E-state index in [1.165, 1.54) is 0 Å². The van der Waals surface area contributed by atoms with Gasteiger partial charge < -0.3 is 42.3 Å². The van der Waals surface area contributed by atoms with E-state index in [0.29, 0.717) is 64.6 Å². The van der Waals surface area contributed by atoms with Gasteiger partial charge in [-0.2, -0.15) is 0 Å². The predicted octanol–water partition coefficient (Wildman–Crippen LogP) is 0.879. The van der Waals surface area contributed by atoms with Crippen molar-refractivity contribution in [3.05, 3.63) is 10.1 Å². The van der Waals surface area contributed by atoms with Crippen LogP contribution in [0.3, 0.4) is 0 Å². The normalized spacial score (nSPS) is 19.5. The number of nitro groups is 1. The zero-order chi connectivity index (χ0) is 36.4. The van der Waals surface area contributed by atoms with Crippen molar-refractivity contribution in [1.29, 1.82) is 0 Å². The second-order valence-electron chi connectivity index (χ2n) is 12.7. The van der Waals surface area contributed by atoms with Crippen molar-refractivity contribution in [2.24, 2.45) is 22.5 Å².